The molecule has 1 atom stereocenters. The van der Waals surface area contributed by atoms with E-state index in [0.717, 1.165) is 4.88 Å². The Hall–Kier alpha value is -1.66. The maximum atomic E-state index is 11.8. The van der Waals surface area contributed by atoms with Gasteiger partial charge in [-0.2, -0.15) is 0 Å². The number of nitrogens with one attached hydrogen (secondary N) is 2. The summed E-state index contributed by atoms with van der Waals surface area (Å²) < 4.78 is 0. The zero-order chi connectivity index (χ0) is 14.4. The topological polar surface area (TPSA) is 58.2 Å². The van der Waals surface area contributed by atoms with Crippen molar-refractivity contribution in [2.24, 2.45) is 0 Å². The van der Waals surface area contributed by atoms with Crippen LogP contribution in [-0.2, 0) is 4.79 Å². The predicted molar refractivity (Wildman–Crippen MR) is 82.1 cm³/mol. The molecule has 0 aromatic carbocycles. The SMILES string of the molecule is CC(NC(=O)CCNC(=O)c1cccs1)c1cccs1. The van der Waals surface area contributed by atoms with E-state index in [1.807, 2.05) is 35.9 Å². The number of carbonyl (C=O) groups excluding carboxylic acids is 2. The van der Waals surface area contributed by atoms with Gasteiger partial charge in [0.15, 0.2) is 0 Å². The number of hydrogen-bond donors (Lipinski definition) is 2. The molecule has 0 aliphatic carbocycles. The normalized spacial score (nSPS) is 11.8. The van der Waals surface area contributed by atoms with E-state index in [1.165, 1.54) is 11.3 Å². The Bertz CT molecular complexity index is 550. The molecule has 0 radical (unpaired) electrons. The van der Waals surface area contributed by atoms with Gasteiger partial charge in [-0.1, -0.05) is 12.1 Å². The summed E-state index contributed by atoms with van der Waals surface area (Å²) in [7, 11) is 0. The highest BCUT2D eigenvalue weighted by Gasteiger charge is 2.11. The highest BCUT2D eigenvalue weighted by molar-refractivity contribution is 7.12. The van der Waals surface area contributed by atoms with Gasteiger partial charge in [-0.25, -0.2) is 0 Å². The first-order valence-electron chi connectivity index (χ1n) is 6.31. The van der Waals surface area contributed by atoms with Crippen LogP contribution in [0.4, 0.5) is 0 Å². The molecular formula is C14H16N2O2S2. The van der Waals surface area contributed by atoms with E-state index < -0.39 is 0 Å². The molecule has 0 saturated carbocycles. The number of thiophene rings is 2. The summed E-state index contributed by atoms with van der Waals surface area (Å²) in [6.45, 7) is 2.30. The van der Waals surface area contributed by atoms with E-state index in [2.05, 4.69) is 10.6 Å². The zero-order valence-corrected chi connectivity index (χ0v) is 12.7. The second-order valence-corrected chi connectivity index (χ2v) is 6.21. The Morgan fingerprint density at radius 1 is 1.20 bits per heavy atom. The van der Waals surface area contributed by atoms with Crippen LogP contribution in [0.3, 0.4) is 0 Å². The van der Waals surface area contributed by atoms with Crippen molar-refractivity contribution in [1.29, 1.82) is 0 Å². The van der Waals surface area contributed by atoms with Crippen molar-refractivity contribution in [3.8, 4) is 0 Å². The van der Waals surface area contributed by atoms with Gasteiger partial charge >= 0.3 is 0 Å². The number of amides is 2. The van der Waals surface area contributed by atoms with Gasteiger partial charge < -0.3 is 10.6 Å². The van der Waals surface area contributed by atoms with E-state index in [9.17, 15) is 9.59 Å². The third kappa shape index (κ3) is 4.18. The first-order valence-corrected chi connectivity index (χ1v) is 8.07. The molecule has 1 unspecified atom stereocenters. The highest BCUT2D eigenvalue weighted by atomic mass is 32.1. The second-order valence-electron chi connectivity index (χ2n) is 4.29. The molecule has 2 amide bonds. The van der Waals surface area contributed by atoms with Gasteiger partial charge in [-0.05, 0) is 29.8 Å². The molecule has 2 aromatic rings. The lowest BCUT2D eigenvalue weighted by Gasteiger charge is -2.12. The Balaban J connectivity index is 1.69. The van der Waals surface area contributed by atoms with Gasteiger partial charge in [-0.15, -0.1) is 22.7 Å². The van der Waals surface area contributed by atoms with Crippen LogP contribution in [-0.4, -0.2) is 18.4 Å². The monoisotopic (exact) mass is 308 g/mol. The van der Waals surface area contributed by atoms with Crippen LogP contribution in [0.2, 0.25) is 0 Å². The summed E-state index contributed by atoms with van der Waals surface area (Å²) >= 11 is 3.00. The van der Waals surface area contributed by atoms with Crippen molar-refractivity contribution >= 4 is 34.5 Å². The lowest BCUT2D eigenvalue weighted by atomic mass is 10.2. The number of hydrogen-bond acceptors (Lipinski definition) is 4. The third-order valence-electron chi connectivity index (χ3n) is 2.73. The maximum Gasteiger partial charge on any atom is 0.261 e. The second kappa shape index (κ2) is 7.21. The van der Waals surface area contributed by atoms with Gasteiger partial charge in [0.25, 0.3) is 5.91 Å². The van der Waals surface area contributed by atoms with Crippen molar-refractivity contribution in [2.45, 2.75) is 19.4 Å². The van der Waals surface area contributed by atoms with E-state index in [4.69, 9.17) is 0 Å². The van der Waals surface area contributed by atoms with E-state index >= 15 is 0 Å². The standard InChI is InChI=1S/C14H16N2O2S2/c1-10(11-4-2-8-19-11)16-13(17)6-7-15-14(18)12-5-3-9-20-12/h2-5,8-10H,6-7H2,1H3,(H,15,18)(H,16,17). The Labute approximate surface area is 125 Å². The van der Waals surface area contributed by atoms with Gasteiger partial charge in [0, 0.05) is 17.8 Å². The summed E-state index contributed by atoms with van der Waals surface area (Å²) in [6.07, 6.45) is 0.285. The summed E-state index contributed by atoms with van der Waals surface area (Å²) in [5.41, 5.74) is 0. The Morgan fingerprint density at radius 3 is 2.60 bits per heavy atom. The molecule has 2 N–H and O–H groups in total. The molecule has 2 aromatic heterocycles. The molecule has 0 spiro atoms. The van der Waals surface area contributed by atoms with E-state index in [1.54, 1.807) is 17.4 Å². The van der Waals surface area contributed by atoms with Crippen LogP contribution >= 0.6 is 22.7 Å². The first kappa shape index (κ1) is 14.7. The molecule has 106 valence electrons. The minimum atomic E-state index is -0.126. The molecule has 0 bridgehead atoms. The first-order chi connectivity index (χ1) is 9.66. The summed E-state index contributed by atoms with van der Waals surface area (Å²) in [6, 6.07) is 7.56. The predicted octanol–water partition coefficient (Wildman–Crippen LogP) is 2.81. The molecule has 0 aliphatic rings. The summed E-state index contributed by atoms with van der Waals surface area (Å²) in [5, 5.41) is 9.49. The zero-order valence-electron chi connectivity index (χ0n) is 11.1. The lowest BCUT2D eigenvalue weighted by Crippen LogP contribution is -2.31. The van der Waals surface area contributed by atoms with Crippen molar-refractivity contribution in [1.82, 2.24) is 10.6 Å². The van der Waals surface area contributed by atoms with Gasteiger partial charge in [0.2, 0.25) is 5.91 Å². The Morgan fingerprint density at radius 2 is 1.95 bits per heavy atom. The highest BCUT2D eigenvalue weighted by Crippen LogP contribution is 2.17. The molecule has 20 heavy (non-hydrogen) atoms. The van der Waals surface area contributed by atoms with Crippen LogP contribution < -0.4 is 10.6 Å². The molecule has 0 saturated heterocycles. The Kier molecular flexibility index (Phi) is 5.31. The number of carbonyl (C=O) groups is 2. The minimum Gasteiger partial charge on any atom is -0.351 e. The van der Waals surface area contributed by atoms with Gasteiger partial charge in [0.1, 0.15) is 0 Å². The van der Waals surface area contributed by atoms with Crippen molar-refractivity contribution < 1.29 is 9.59 Å². The van der Waals surface area contributed by atoms with Crippen LogP contribution in [0.15, 0.2) is 35.0 Å². The summed E-state index contributed by atoms with van der Waals surface area (Å²) in [5.74, 6) is -0.184. The molecule has 0 fully saturated rings. The van der Waals surface area contributed by atoms with Crippen LogP contribution in [0, 0.1) is 0 Å². The largest absolute Gasteiger partial charge is 0.351 e. The van der Waals surface area contributed by atoms with Gasteiger partial charge in [0.05, 0.1) is 10.9 Å². The van der Waals surface area contributed by atoms with Gasteiger partial charge in [-0.3, -0.25) is 9.59 Å². The fraction of sp³-hybridized carbons (Fsp3) is 0.286. The van der Waals surface area contributed by atoms with E-state index in [0.29, 0.717) is 11.4 Å². The quantitative estimate of drug-likeness (QED) is 0.862. The molecule has 2 heterocycles. The van der Waals surface area contributed by atoms with Crippen molar-refractivity contribution in [3.05, 3.63) is 44.8 Å². The van der Waals surface area contributed by atoms with E-state index in [-0.39, 0.29) is 24.3 Å². The molecule has 6 heteroatoms. The van der Waals surface area contributed by atoms with Crippen LogP contribution in [0.25, 0.3) is 0 Å². The maximum absolute atomic E-state index is 11.8. The average molecular weight is 308 g/mol. The third-order valence-corrected chi connectivity index (χ3v) is 4.65. The van der Waals surface area contributed by atoms with Crippen LogP contribution in [0.1, 0.15) is 33.9 Å². The van der Waals surface area contributed by atoms with Crippen LogP contribution in [0.5, 0.6) is 0 Å². The van der Waals surface area contributed by atoms with Crippen molar-refractivity contribution in [2.75, 3.05) is 6.54 Å². The fourth-order valence-corrected chi connectivity index (χ4v) is 3.08. The molecule has 0 aliphatic heterocycles. The molecule has 4 nitrogen and oxygen atoms in total. The average Bonchev–Trinajstić information content (AvgIpc) is 3.12. The lowest BCUT2D eigenvalue weighted by molar-refractivity contribution is -0.121. The smallest absolute Gasteiger partial charge is 0.261 e. The molecule has 2 rings (SSSR count). The summed E-state index contributed by atoms with van der Waals surface area (Å²) in [4.78, 5) is 25.2. The number of rotatable bonds is 6. The van der Waals surface area contributed by atoms with Crippen molar-refractivity contribution in [3.63, 3.8) is 0 Å². The minimum absolute atomic E-state index is 0.00972. The fourth-order valence-electron chi connectivity index (χ4n) is 1.71. The molecular weight excluding hydrogens is 292 g/mol.